The molecule has 0 radical (unpaired) electrons. The van der Waals surface area contributed by atoms with Gasteiger partial charge in [-0.05, 0) is 75.3 Å². The number of hydrogen-bond acceptors (Lipinski definition) is 6. The molecule has 0 aliphatic carbocycles. The molecule has 4 aromatic rings. The van der Waals surface area contributed by atoms with E-state index in [2.05, 4.69) is 10.1 Å². The van der Waals surface area contributed by atoms with Crippen molar-refractivity contribution in [3.63, 3.8) is 0 Å². The topological polar surface area (TPSA) is 68.5 Å². The number of esters is 1. The molecular formula is C29H26ClF4N3O3. The van der Waals surface area contributed by atoms with Gasteiger partial charge in [-0.1, -0.05) is 41.0 Å². The van der Waals surface area contributed by atoms with Gasteiger partial charge in [-0.3, -0.25) is 9.69 Å². The molecule has 0 unspecified atom stereocenters. The number of alkyl halides is 3. The van der Waals surface area contributed by atoms with Crippen molar-refractivity contribution < 1.29 is 31.6 Å². The zero-order valence-corrected chi connectivity index (χ0v) is 22.9. The number of aromatic nitrogens is 2. The molecule has 0 saturated heterocycles. The highest BCUT2D eigenvalue weighted by Crippen LogP contribution is 2.40. The number of ether oxygens (including phenoxy) is 1. The molecule has 0 spiro atoms. The quantitative estimate of drug-likeness (QED) is 0.166. The van der Waals surface area contributed by atoms with Gasteiger partial charge in [-0.15, -0.1) is 0 Å². The number of rotatable bonds is 7. The van der Waals surface area contributed by atoms with Crippen LogP contribution in [0.3, 0.4) is 0 Å². The predicted octanol–water partition coefficient (Wildman–Crippen LogP) is 7.66. The number of carbonyl (C=O) groups is 1. The van der Waals surface area contributed by atoms with Crippen molar-refractivity contribution >= 4 is 17.6 Å². The van der Waals surface area contributed by atoms with E-state index in [1.807, 2.05) is 0 Å². The molecule has 1 heterocycles. The van der Waals surface area contributed by atoms with E-state index in [0.717, 1.165) is 6.07 Å². The normalized spacial score (nSPS) is 12.2. The number of carbonyl (C=O) groups excluding carboxylic acids is 1. The van der Waals surface area contributed by atoms with Gasteiger partial charge in [0.15, 0.2) is 0 Å². The maximum Gasteiger partial charge on any atom is 0.417 e. The molecule has 0 aliphatic heterocycles. The zero-order chi connectivity index (χ0) is 29.2. The Hall–Kier alpha value is -3.76. The third-order valence-electron chi connectivity index (χ3n) is 5.65. The second-order valence-electron chi connectivity index (χ2n) is 10.3. The van der Waals surface area contributed by atoms with Crippen molar-refractivity contribution in [3.8, 4) is 34.0 Å². The number of halogens is 5. The van der Waals surface area contributed by atoms with Crippen LogP contribution in [0.15, 0.2) is 65.2 Å². The van der Waals surface area contributed by atoms with Crippen LogP contribution < -0.4 is 0 Å². The minimum Gasteiger partial charge on any atom is -0.459 e. The first-order chi connectivity index (χ1) is 18.7. The van der Waals surface area contributed by atoms with Gasteiger partial charge in [-0.2, -0.15) is 18.2 Å². The fourth-order valence-electron chi connectivity index (χ4n) is 4.12. The summed E-state index contributed by atoms with van der Waals surface area (Å²) in [4.78, 5) is 18.1. The lowest BCUT2D eigenvalue weighted by Gasteiger charge is -2.22. The first kappa shape index (κ1) is 29.2. The lowest BCUT2D eigenvalue weighted by molar-refractivity contribution is -0.155. The summed E-state index contributed by atoms with van der Waals surface area (Å²) in [5.74, 6) is -0.769. The van der Waals surface area contributed by atoms with Crippen LogP contribution in [-0.4, -0.2) is 40.2 Å². The Kier molecular flexibility index (Phi) is 8.32. The lowest BCUT2D eigenvalue weighted by atomic mass is 9.98. The highest BCUT2D eigenvalue weighted by Gasteiger charge is 2.33. The van der Waals surface area contributed by atoms with Gasteiger partial charge < -0.3 is 9.26 Å². The third kappa shape index (κ3) is 7.25. The Labute approximate surface area is 233 Å². The van der Waals surface area contributed by atoms with E-state index in [9.17, 15) is 22.4 Å². The Morgan fingerprint density at radius 1 is 1.00 bits per heavy atom. The summed E-state index contributed by atoms with van der Waals surface area (Å²) in [6.45, 7) is 5.60. The second-order valence-corrected chi connectivity index (χ2v) is 10.7. The number of benzene rings is 3. The van der Waals surface area contributed by atoms with Gasteiger partial charge in [-0.25, -0.2) is 4.39 Å². The van der Waals surface area contributed by atoms with Crippen molar-refractivity contribution in [1.82, 2.24) is 15.0 Å². The van der Waals surface area contributed by atoms with Crippen LogP contribution in [0.25, 0.3) is 34.0 Å². The lowest BCUT2D eigenvalue weighted by Crippen LogP contribution is -2.32. The van der Waals surface area contributed by atoms with Gasteiger partial charge in [0.25, 0.3) is 5.89 Å². The molecule has 4 rings (SSSR count). The van der Waals surface area contributed by atoms with E-state index in [0.29, 0.717) is 16.7 Å². The standard InChI is InChI=1S/C29H26ClF4N3O3/c1-28(2,3)39-25(38)16-37(4)15-17-11-19(13-20(31)12-17)26-35-27(40-36-26)18-9-10-22(24(30)14-18)21-7-5-6-8-23(21)29(32,33)34/h5-14H,15-16H2,1-4H3. The maximum absolute atomic E-state index is 14.5. The van der Waals surface area contributed by atoms with Crippen LogP contribution in [0.1, 0.15) is 31.9 Å². The van der Waals surface area contributed by atoms with Crippen molar-refractivity contribution in [1.29, 1.82) is 0 Å². The van der Waals surface area contributed by atoms with E-state index in [4.69, 9.17) is 20.9 Å². The van der Waals surface area contributed by atoms with Gasteiger partial charge in [0.2, 0.25) is 5.82 Å². The molecule has 6 nitrogen and oxygen atoms in total. The SMILES string of the molecule is CN(CC(=O)OC(C)(C)C)Cc1cc(F)cc(-c2noc(-c3ccc(-c4ccccc4C(F)(F)F)c(Cl)c3)n2)c1. The summed E-state index contributed by atoms with van der Waals surface area (Å²) < 4.78 is 65.6. The summed E-state index contributed by atoms with van der Waals surface area (Å²) in [6, 6.07) is 13.8. The molecule has 11 heteroatoms. The van der Waals surface area contributed by atoms with Gasteiger partial charge in [0.1, 0.15) is 11.4 Å². The fraction of sp³-hybridized carbons (Fsp3) is 0.276. The monoisotopic (exact) mass is 575 g/mol. The first-order valence-electron chi connectivity index (χ1n) is 12.2. The van der Waals surface area contributed by atoms with Crippen LogP contribution in [0.5, 0.6) is 0 Å². The second kappa shape index (κ2) is 11.4. The summed E-state index contributed by atoms with van der Waals surface area (Å²) in [5, 5.41) is 4.00. The Bertz CT molecular complexity index is 1530. The molecule has 0 saturated carbocycles. The van der Waals surface area contributed by atoms with Crippen LogP contribution in [0.4, 0.5) is 17.6 Å². The predicted molar refractivity (Wildman–Crippen MR) is 143 cm³/mol. The fourth-order valence-corrected chi connectivity index (χ4v) is 4.40. The number of likely N-dealkylation sites (N-methyl/N-ethyl adjacent to an activating group) is 1. The molecule has 0 fully saturated rings. The molecule has 0 bridgehead atoms. The number of hydrogen-bond donors (Lipinski definition) is 0. The molecule has 1 aromatic heterocycles. The Morgan fingerprint density at radius 2 is 1.73 bits per heavy atom. The summed E-state index contributed by atoms with van der Waals surface area (Å²) in [7, 11) is 1.71. The molecule has 3 aromatic carbocycles. The third-order valence-corrected chi connectivity index (χ3v) is 5.96. The summed E-state index contributed by atoms with van der Waals surface area (Å²) in [6.07, 6.45) is -4.55. The number of nitrogens with zero attached hydrogens (tertiary/aromatic N) is 3. The highest BCUT2D eigenvalue weighted by molar-refractivity contribution is 6.33. The smallest absolute Gasteiger partial charge is 0.417 e. The Balaban J connectivity index is 1.55. The average Bonchev–Trinajstić information content (AvgIpc) is 3.32. The largest absolute Gasteiger partial charge is 0.459 e. The summed E-state index contributed by atoms with van der Waals surface area (Å²) >= 11 is 6.38. The Morgan fingerprint density at radius 3 is 2.40 bits per heavy atom. The molecule has 0 aliphatic rings. The van der Waals surface area contributed by atoms with Crippen molar-refractivity contribution in [2.24, 2.45) is 0 Å². The van der Waals surface area contributed by atoms with Crippen molar-refractivity contribution in [2.75, 3.05) is 13.6 Å². The van der Waals surface area contributed by atoms with E-state index in [-0.39, 0.29) is 41.0 Å². The highest BCUT2D eigenvalue weighted by atomic mass is 35.5. The molecule has 40 heavy (non-hydrogen) atoms. The van der Waals surface area contributed by atoms with E-state index in [1.165, 1.54) is 48.5 Å². The molecule has 0 amide bonds. The van der Waals surface area contributed by atoms with E-state index >= 15 is 0 Å². The van der Waals surface area contributed by atoms with Gasteiger partial charge >= 0.3 is 12.1 Å². The molecular weight excluding hydrogens is 550 g/mol. The van der Waals surface area contributed by atoms with Gasteiger partial charge in [0.05, 0.1) is 12.1 Å². The molecule has 0 atom stereocenters. The van der Waals surface area contributed by atoms with Crippen molar-refractivity contribution in [3.05, 3.63) is 82.6 Å². The first-order valence-corrected chi connectivity index (χ1v) is 12.6. The van der Waals surface area contributed by atoms with Crippen LogP contribution in [-0.2, 0) is 22.3 Å². The van der Waals surface area contributed by atoms with E-state index < -0.39 is 29.1 Å². The molecule has 210 valence electrons. The van der Waals surface area contributed by atoms with Crippen molar-refractivity contribution in [2.45, 2.75) is 39.1 Å². The van der Waals surface area contributed by atoms with Crippen LogP contribution >= 0.6 is 11.6 Å². The minimum atomic E-state index is -4.55. The van der Waals surface area contributed by atoms with Gasteiger partial charge in [0, 0.05) is 28.3 Å². The minimum absolute atomic E-state index is 0.0136. The van der Waals surface area contributed by atoms with E-state index in [1.54, 1.807) is 38.8 Å². The summed E-state index contributed by atoms with van der Waals surface area (Å²) in [5.41, 5.74) is 0.0259. The van der Waals surface area contributed by atoms with Crippen LogP contribution in [0.2, 0.25) is 5.02 Å². The average molecular weight is 576 g/mol. The maximum atomic E-state index is 14.5. The molecule has 0 N–H and O–H groups in total. The zero-order valence-electron chi connectivity index (χ0n) is 22.1. The van der Waals surface area contributed by atoms with Crippen LogP contribution in [0, 0.1) is 5.82 Å².